The maximum Gasteiger partial charge on any atom is 0.414 e. The molecule has 2 aromatic rings. The van der Waals surface area contributed by atoms with E-state index in [1.165, 1.54) is 11.1 Å². The van der Waals surface area contributed by atoms with Crippen LogP contribution in [0.2, 0.25) is 0 Å². The van der Waals surface area contributed by atoms with Crippen molar-refractivity contribution in [3.05, 3.63) is 65.5 Å². The maximum atomic E-state index is 9.10. The van der Waals surface area contributed by atoms with Gasteiger partial charge in [-0.3, -0.25) is 4.98 Å². The highest BCUT2D eigenvalue weighted by molar-refractivity contribution is 6.27. The third kappa shape index (κ3) is 8.05. The molecule has 1 aromatic heterocycles. The van der Waals surface area contributed by atoms with E-state index in [4.69, 9.17) is 19.8 Å². The monoisotopic (exact) mass is 330 g/mol. The fraction of sp³-hybridized carbons (Fsp3) is 0.278. The summed E-state index contributed by atoms with van der Waals surface area (Å²) in [7, 11) is 2.16. The van der Waals surface area contributed by atoms with Crippen LogP contribution in [0.3, 0.4) is 0 Å². The van der Waals surface area contributed by atoms with Gasteiger partial charge in [0.15, 0.2) is 0 Å². The van der Waals surface area contributed by atoms with Crippen LogP contribution >= 0.6 is 0 Å². The quantitative estimate of drug-likeness (QED) is 0.817. The number of carboxylic acids is 2. The van der Waals surface area contributed by atoms with Gasteiger partial charge in [0.2, 0.25) is 0 Å². The van der Waals surface area contributed by atoms with Crippen molar-refractivity contribution < 1.29 is 19.8 Å². The van der Waals surface area contributed by atoms with Crippen molar-refractivity contribution in [3.8, 4) is 0 Å². The van der Waals surface area contributed by atoms with E-state index in [1.807, 2.05) is 18.3 Å². The van der Waals surface area contributed by atoms with Gasteiger partial charge in [0.25, 0.3) is 0 Å². The van der Waals surface area contributed by atoms with Crippen molar-refractivity contribution in [2.45, 2.75) is 19.9 Å². The molecular formula is C18H22N2O4. The van der Waals surface area contributed by atoms with Gasteiger partial charge >= 0.3 is 11.9 Å². The highest BCUT2D eigenvalue weighted by Gasteiger charge is 2.04. The van der Waals surface area contributed by atoms with Crippen LogP contribution < -0.4 is 0 Å². The van der Waals surface area contributed by atoms with Crippen LogP contribution in [0.4, 0.5) is 0 Å². The van der Waals surface area contributed by atoms with Gasteiger partial charge in [0.1, 0.15) is 0 Å². The Labute approximate surface area is 141 Å². The zero-order valence-corrected chi connectivity index (χ0v) is 13.8. The molecule has 128 valence electrons. The molecule has 2 rings (SSSR count). The summed E-state index contributed by atoms with van der Waals surface area (Å²) in [6, 6.07) is 14.8. The predicted molar refractivity (Wildman–Crippen MR) is 90.7 cm³/mol. The molecule has 0 unspecified atom stereocenters. The highest BCUT2D eigenvalue weighted by atomic mass is 16.4. The van der Waals surface area contributed by atoms with Crippen LogP contribution in [-0.4, -0.2) is 45.6 Å². The van der Waals surface area contributed by atoms with E-state index in [0.29, 0.717) is 0 Å². The van der Waals surface area contributed by atoms with Crippen molar-refractivity contribution in [2.24, 2.45) is 0 Å². The van der Waals surface area contributed by atoms with Gasteiger partial charge in [-0.15, -0.1) is 0 Å². The molecule has 0 spiro atoms. The Morgan fingerprint density at radius 1 is 1.04 bits per heavy atom. The lowest BCUT2D eigenvalue weighted by atomic mass is 10.1. The van der Waals surface area contributed by atoms with Gasteiger partial charge in [-0.25, -0.2) is 9.59 Å². The first-order valence-corrected chi connectivity index (χ1v) is 7.48. The number of pyridine rings is 1. The molecule has 0 atom stereocenters. The number of rotatable bonds is 5. The number of nitrogens with zero attached hydrogens (tertiary/aromatic N) is 2. The number of hydrogen-bond acceptors (Lipinski definition) is 4. The van der Waals surface area contributed by atoms with Gasteiger partial charge in [0.05, 0.1) is 0 Å². The fourth-order valence-corrected chi connectivity index (χ4v) is 1.94. The van der Waals surface area contributed by atoms with Crippen LogP contribution in [0.15, 0.2) is 48.7 Å². The minimum Gasteiger partial charge on any atom is -0.473 e. The standard InChI is InChI=1S/C16H20N2.C2H2O4/c1-14-6-8-15(9-7-14)13-18(2)12-10-16-5-3-4-11-17-16;3-1(4)2(5)6/h3-9,11H,10,12-13H2,1-2H3;(H,3,4)(H,5,6). The lowest BCUT2D eigenvalue weighted by Crippen LogP contribution is -2.21. The zero-order valence-electron chi connectivity index (χ0n) is 13.8. The Kier molecular flexibility index (Phi) is 8.15. The van der Waals surface area contributed by atoms with E-state index in [2.05, 4.69) is 54.2 Å². The number of carbonyl (C=O) groups is 2. The molecule has 2 N–H and O–H groups in total. The summed E-state index contributed by atoms with van der Waals surface area (Å²) < 4.78 is 0. The molecule has 6 nitrogen and oxygen atoms in total. The Morgan fingerprint density at radius 2 is 1.67 bits per heavy atom. The minimum atomic E-state index is -1.82. The Bertz CT molecular complexity index is 630. The summed E-state index contributed by atoms with van der Waals surface area (Å²) in [6.45, 7) is 4.15. The number of hydrogen-bond donors (Lipinski definition) is 2. The first-order chi connectivity index (χ1) is 11.4. The maximum absolute atomic E-state index is 9.10. The summed E-state index contributed by atoms with van der Waals surface area (Å²) in [5.41, 5.74) is 3.84. The van der Waals surface area contributed by atoms with Gasteiger partial charge in [-0.2, -0.15) is 0 Å². The fourth-order valence-electron chi connectivity index (χ4n) is 1.94. The molecule has 0 amide bonds. The lowest BCUT2D eigenvalue weighted by molar-refractivity contribution is -0.159. The molecule has 1 aromatic carbocycles. The van der Waals surface area contributed by atoms with Crippen molar-refractivity contribution in [1.82, 2.24) is 9.88 Å². The lowest BCUT2D eigenvalue weighted by Gasteiger charge is -2.16. The summed E-state index contributed by atoms with van der Waals surface area (Å²) in [5.74, 6) is -3.65. The largest absolute Gasteiger partial charge is 0.473 e. The summed E-state index contributed by atoms with van der Waals surface area (Å²) in [4.78, 5) is 24.9. The van der Waals surface area contributed by atoms with Crippen molar-refractivity contribution in [1.29, 1.82) is 0 Å². The SMILES string of the molecule is Cc1ccc(CN(C)CCc2ccccn2)cc1.O=C(O)C(=O)O. The van der Waals surface area contributed by atoms with Crippen LogP contribution in [0.25, 0.3) is 0 Å². The molecule has 0 aliphatic carbocycles. The molecule has 0 saturated carbocycles. The third-order valence-electron chi connectivity index (χ3n) is 3.23. The normalized spacial score (nSPS) is 9.96. The first-order valence-electron chi connectivity index (χ1n) is 7.48. The number of carboxylic acid groups (broad SMARTS) is 2. The Balaban J connectivity index is 0.000000413. The number of aliphatic carboxylic acids is 2. The van der Waals surface area contributed by atoms with E-state index in [1.54, 1.807) is 0 Å². The van der Waals surface area contributed by atoms with E-state index < -0.39 is 11.9 Å². The van der Waals surface area contributed by atoms with Crippen molar-refractivity contribution in [2.75, 3.05) is 13.6 Å². The Hall–Kier alpha value is -2.73. The molecule has 0 aliphatic heterocycles. The molecule has 1 heterocycles. The van der Waals surface area contributed by atoms with Crippen LogP contribution in [-0.2, 0) is 22.6 Å². The molecule has 0 aliphatic rings. The van der Waals surface area contributed by atoms with Gasteiger partial charge in [-0.1, -0.05) is 35.9 Å². The van der Waals surface area contributed by atoms with Gasteiger partial charge < -0.3 is 15.1 Å². The third-order valence-corrected chi connectivity index (χ3v) is 3.23. The molecule has 0 fully saturated rings. The van der Waals surface area contributed by atoms with Gasteiger partial charge in [-0.05, 0) is 31.7 Å². The van der Waals surface area contributed by atoms with E-state index in [0.717, 1.165) is 25.2 Å². The smallest absolute Gasteiger partial charge is 0.414 e. The second kappa shape index (κ2) is 10.1. The number of aromatic nitrogens is 1. The minimum absolute atomic E-state index is 0.993. The van der Waals surface area contributed by atoms with Crippen LogP contribution in [0, 0.1) is 6.92 Å². The second-order valence-corrected chi connectivity index (χ2v) is 5.40. The van der Waals surface area contributed by atoms with E-state index in [-0.39, 0.29) is 0 Å². The van der Waals surface area contributed by atoms with Crippen LogP contribution in [0.5, 0.6) is 0 Å². The molecule has 0 saturated heterocycles. The molecule has 0 radical (unpaired) electrons. The number of likely N-dealkylation sites (N-methyl/N-ethyl adjacent to an activating group) is 1. The average molecular weight is 330 g/mol. The topological polar surface area (TPSA) is 90.7 Å². The summed E-state index contributed by atoms with van der Waals surface area (Å²) in [5, 5.41) is 14.8. The molecule has 24 heavy (non-hydrogen) atoms. The zero-order chi connectivity index (χ0) is 17.9. The number of benzene rings is 1. The first kappa shape index (κ1) is 19.3. The molecule has 6 heteroatoms. The van der Waals surface area contributed by atoms with Crippen molar-refractivity contribution >= 4 is 11.9 Å². The molecular weight excluding hydrogens is 308 g/mol. The summed E-state index contributed by atoms with van der Waals surface area (Å²) in [6.07, 6.45) is 2.86. The predicted octanol–water partition coefficient (Wildman–Crippen LogP) is 2.22. The Morgan fingerprint density at radius 3 is 2.17 bits per heavy atom. The van der Waals surface area contributed by atoms with Crippen molar-refractivity contribution in [3.63, 3.8) is 0 Å². The average Bonchev–Trinajstić information content (AvgIpc) is 2.56. The van der Waals surface area contributed by atoms with Crippen LogP contribution in [0.1, 0.15) is 16.8 Å². The number of aryl methyl sites for hydroxylation is 1. The van der Waals surface area contributed by atoms with E-state index in [9.17, 15) is 0 Å². The van der Waals surface area contributed by atoms with E-state index >= 15 is 0 Å². The van der Waals surface area contributed by atoms with Gasteiger partial charge in [0, 0.05) is 31.4 Å². The highest BCUT2D eigenvalue weighted by Crippen LogP contribution is 2.06. The summed E-state index contributed by atoms with van der Waals surface area (Å²) >= 11 is 0. The second-order valence-electron chi connectivity index (χ2n) is 5.40. The molecule has 0 bridgehead atoms.